The maximum atomic E-state index is 11.9. The second-order valence-corrected chi connectivity index (χ2v) is 5.31. The van der Waals surface area contributed by atoms with Gasteiger partial charge in [0, 0.05) is 17.0 Å². The molecule has 0 fully saturated rings. The Bertz CT molecular complexity index is 595. The van der Waals surface area contributed by atoms with Crippen LogP contribution in [0.3, 0.4) is 0 Å². The molecule has 1 aromatic carbocycles. The Hall–Kier alpha value is -1.90. The number of esters is 1. The van der Waals surface area contributed by atoms with Gasteiger partial charge in [-0.25, -0.2) is 0 Å². The summed E-state index contributed by atoms with van der Waals surface area (Å²) < 4.78 is 5.26. The van der Waals surface area contributed by atoms with Gasteiger partial charge in [-0.15, -0.1) is 0 Å². The molecular formula is C18H23NO2. The highest BCUT2D eigenvalue weighted by Gasteiger charge is 2.16. The first-order valence-electron chi connectivity index (χ1n) is 7.76. The van der Waals surface area contributed by atoms with E-state index >= 15 is 0 Å². The van der Waals surface area contributed by atoms with Crippen LogP contribution < -0.4 is 0 Å². The lowest BCUT2D eigenvalue weighted by Gasteiger charge is -2.14. The maximum Gasteiger partial charge on any atom is 0.306 e. The number of pyridine rings is 1. The molecule has 0 N–H and O–H groups in total. The van der Waals surface area contributed by atoms with Crippen LogP contribution in [0.15, 0.2) is 36.4 Å². The Labute approximate surface area is 126 Å². The van der Waals surface area contributed by atoms with Gasteiger partial charge in [-0.05, 0) is 25.0 Å². The summed E-state index contributed by atoms with van der Waals surface area (Å²) >= 11 is 0. The van der Waals surface area contributed by atoms with Crippen LogP contribution in [0.2, 0.25) is 0 Å². The summed E-state index contributed by atoms with van der Waals surface area (Å²) in [4.78, 5) is 16.6. The van der Waals surface area contributed by atoms with Crippen molar-refractivity contribution in [1.82, 2.24) is 4.98 Å². The van der Waals surface area contributed by atoms with Gasteiger partial charge in [-0.3, -0.25) is 9.78 Å². The molecule has 21 heavy (non-hydrogen) atoms. The quantitative estimate of drug-likeness (QED) is 0.557. The lowest BCUT2D eigenvalue weighted by molar-refractivity contribution is -0.144. The smallest absolute Gasteiger partial charge is 0.306 e. The number of carbonyl (C=O) groups excluding carboxylic acids is 1. The number of rotatable bonds is 7. The van der Waals surface area contributed by atoms with E-state index in [-0.39, 0.29) is 11.9 Å². The van der Waals surface area contributed by atoms with Crippen LogP contribution in [0, 0.1) is 0 Å². The first kappa shape index (κ1) is 15.5. The third-order valence-corrected chi connectivity index (χ3v) is 3.71. The largest absolute Gasteiger partial charge is 0.466 e. The van der Waals surface area contributed by atoms with E-state index in [4.69, 9.17) is 4.74 Å². The van der Waals surface area contributed by atoms with E-state index in [1.54, 1.807) is 0 Å². The Kier molecular flexibility index (Phi) is 5.73. The number of ether oxygens (including phenoxy) is 1. The van der Waals surface area contributed by atoms with E-state index in [0.717, 1.165) is 35.9 Å². The van der Waals surface area contributed by atoms with Crippen molar-refractivity contribution in [3.05, 3.63) is 42.1 Å². The normalized spacial score (nSPS) is 12.3. The average Bonchev–Trinajstić information content (AvgIpc) is 2.52. The zero-order valence-corrected chi connectivity index (χ0v) is 12.8. The molecular weight excluding hydrogens is 262 g/mol. The molecule has 0 aliphatic heterocycles. The van der Waals surface area contributed by atoms with Gasteiger partial charge >= 0.3 is 5.97 Å². The lowest BCUT2D eigenvalue weighted by atomic mass is 9.97. The van der Waals surface area contributed by atoms with Crippen LogP contribution in [0.1, 0.15) is 51.1 Å². The van der Waals surface area contributed by atoms with E-state index in [0.29, 0.717) is 13.0 Å². The molecule has 0 amide bonds. The molecule has 0 aliphatic carbocycles. The zero-order chi connectivity index (χ0) is 15.1. The second-order valence-electron chi connectivity index (χ2n) is 5.31. The zero-order valence-electron chi connectivity index (χ0n) is 12.8. The molecule has 0 bridgehead atoms. The molecule has 0 aliphatic rings. The number of fused-ring (bicyclic) bond motifs is 1. The first-order valence-corrected chi connectivity index (χ1v) is 7.76. The summed E-state index contributed by atoms with van der Waals surface area (Å²) in [5.74, 6) is 0.00833. The molecule has 3 heteroatoms. The molecule has 0 saturated carbocycles. The van der Waals surface area contributed by atoms with Crippen LogP contribution in [0.5, 0.6) is 0 Å². The molecule has 2 aromatic rings. The van der Waals surface area contributed by atoms with Gasteiger partial charge in [0.15, 0.2) is 0 Å². The van der Waals surface area contributed by atoms with Crippen LogP contribution in [0.4, 0.5) is 0 Å². The number of nitrogens with zero attached hydrogens (tertiary/aromatic N) is 1. The van der Waals surface area contributed by atoms with Gasteiger partial charge in [-0.2, -0.15) is 0 Å². The van der Waals surface area contributed by atoms with E-state index in [9.17, 15) is 4.79 Å². The summed E-state index contributed by atoms with van der Waals surface area (Å²) in [7, 11) is 0. The van der Waals surface area contributed by atoms with Gasteiger partial charge in [0.25, 0.3) is 0 Å². The molecule has 1 aromatic heterocycles. The van der Waals surface area contributed by atoms with Crippen LogP contribution in [-0.2, 0) is 9.53 Å². The summed E-state index contributed by atoms with van der Waals surface area (Å²) in [5, 5.41) is 1.13. The van der Waals surface area contributed by atoms with Crippen molar-refractivity contribution in [1.29, 1.82) is 0 Å². The summed E-state index contributed by atoms with van der Waals surface area (Å²) in [6, 6.07) is 12.1. The standard InChI is InChI=1S/C18H23NO2/c1-3-5-12-21-18(20)13-14(4-2)17-11-10-15-8-6-7-9-16(15)19-17/h6-11,14H,3-5,12-13H2,1-2H3. The van der Waals surface area contributed by atoms with Crippen molar-refractivity contribution in [2.45, 2.75) is 45.4 Å². The van der Waals surface area contributed by atoms with Gasteiger partial charge in [0.1, 0.15) is 0 Å². The molecule has 3 nitrogen and oxygen atoms in total. The molecule has 1 unspecified atom stereocenters. The van der Waals surface area contributed by atoms with Crippen molar-refractivity contribution < 1.29 is 9.53 Å². The highest BCUT2D eigenvalue weighted by molar-refractivity contribution is 5.78. The third kappa shape index (κ3) is 4.28. The minimum atomic E-state index is -0.120. The fourth-order valence-corrected chi connectivity index (χ4v) is 2.36. The topological polar surface area (TPSA) is 39.2 Å². The van der Waals surface area contributed by atoms with E-state index in [2.05, 4.69) is 24.9 Å². The maximum absolute atomic E-state index is 11.9. The number of unbranched alkanes of at least 4 members (excludes halogenated alkanes) is 1. The van der Waals surface area contributed by atoms with E-state index in [1.165, 1.54) is 0 Å². The fourth-order valence-electron chi connectivity index (χ4n) is 2.36. The number of hydrogen-bond donors (Lipinski definition) is 0. The highest BCUT2D eigenvalue weighted by Crippen LogP contribution is 2.24. The summed E-state index contributed by atoms with van der Waals surface area (Å²) in [6.07, 6.45) is 3.26. The average molecular weight is 285 g/mol. The van der Waals surface area contributed by atoms with Gasteiger partial charge in [-0.1, -0.05) is 44.5 Å². The summed E-state index contributed by atoms with van der Waals surface area (Å²) in [5.41, 5.74) is 1.96. The monoisotopic (exact) mass is 285 g/mol. The van der Waals surface area contributed by atoms with E-state index < -0.39 is 0 Å². The Morgan fingerprint density at radius 3 is 2.76 bits per heavy atom. The molecule has 1 atom stereocenters. The molecule has 2 rings (SSSR count). The van der Waals surface area contributed by atoms with Crippen LogP contribution >= 0.6 is 0 Å². The molecule has 0 radical (unpaired) electrons. The Morgan fingerprint density at radius 1 is 1.19 bits per heavy atom. The number of benzene rings is 1. The molecule has 0 saturated heterocycles. The SMILES string of the molecule is CCCCOC(=O)CC(CC)c1ccc2ccccc2n1. The van der Waals surface area contributed by atoms with Crippen molar-refractivity contribution in [2.24, 2.45) is 0 Å². The highest BCUT2D eigenvalue weighted by atomic mass is 16.5. The number of para-hydroxylation sites is 1. The summed E-state index contributed by atoms with van der Waals surface area (Å²) in [6.45, 7) is 4.69. The Morgan fingerprint density at radius 2 is 2.00 bits per heavy atom. The van der Waals surface area contributed by atoms with Gasteiger partial charge in [0.05, 0.1) is 18.5 Å². The van der Waals surface area contributed by atoms with Crippen molar-refractivity contribution in [3.63, 3.8) is 0 Å². The molecule has 1 heterocycles. The second kappa shape index (κ2) is 7.77. The lowest BCUT2D eigenvalue weighted by Crippen LogP contribution is -2.12. The minimum absolute atomic E-state index is 0.120. The third-order valence-electron chi connectivity index (χ3n) is 3.71. The predicted molar refractivity (Wildman–Crippen MR) is 85.3 cm³/mol. The van der Waals surface area contributed by atoms with Crippen molar-refractivity contribution >= 4 is 16.9 Å². The number of aromatic nitrogens is 1. The molecule has 0 spiro atoms. The van der Waals surface area contributed by atoms with Crippen LogP contribution in [0.25, 0.3) is 10.9 Å². The Balaban J connectivity index is 2.06. The van der Waals surface area contributed by atoms with Crippen molar-refractivity contribution in [3.8, 4) is 0 Å². The van der Waals surface area contributed by atoms with Crippen LogP contribution in [-0.4, -0.2) is 17.6 Å². The predicted octanol–water partition coefficient (Wildman–Crippen LogP) is 4.46. The minimum Gasteiger partial charge on any atom is -0.466 e. The van der Waals surface area contributed by atoms with Gasteiger partial charge < -0.3 is 4.74 Å². The van der Waals surface area contributed by atoms with E-state index in [1.807, 2.05) is 30.3 Å². The number of hydrogen-bond acceptors (Lipinski definition) is 3. The molecule has 112 valence electrons. The van der Waals surface area contributed by atoms with Gasteiger partial charge in [0.2, 0.25) is 0 Å². The first-order chi connectivity index (χ1) is 10.2. The van der Waals surface area contributed by atoms with Crippen molar-refractivity contribution in [2.75, 3.05) is 6.61 Å². The number of carbonyl (C=O) groups is 1. The fraction of sp³-hybridized carbons (Fsp3) is 0.444.